The highest BCUT2D eigenvalue weighted by atomic mass is 19.1. The van der Waals surface area contributed by atoms with Crippen molar-refractivity contribution in [3.05, 3.63) is 59.9 Å². The molecule has 2 heterocycles. The zero-order chi connectivity index (χ0) is 19.3. The Labute approximate surface area is 167 Å². The Hall–Kier alpha value is -2.11. The number of likely N-dealkylation sites (tertiary alicyclic amines) is 1. The van der Waals surface area contributed by atoms with Crippen molar-refractivity contribution in [1.29, 1.82) is 0 Å². The number of piperidine rings is 1. The molecule has 2 aliphatic heterocycles. The summed E-state index contributed by atoms with van der Waals surface area (Å²) < 4.78 is 19.4. The second kappa shape index (κ2) is 8.93. The fourth-order valence-electron chi connectivity index (χ4n) is 4.53. The molecule has 0 aromatic heterocycles. The van der Waals surface area contributed by atoms with E-state index in [2.05, 4.69) is 26.8 Å². The highest BCUT2D eigenvalue weighted by Crippen LogP contribution is 2.29. The molecule has 2 aliphatic rings. The molecule has 28 heavy (non-hydrogen) atoms. The molecule has 0 unspecified atom stereocenters. The molecule has 0 radical (unpaired) electrons. The average molecular weight is 384 g/mol. The maximum Gasteiger partial charge on any atom is 0.142 e. The number of rotatable bonds is 5. The van der Waals surface area contributed by atoms with Gasteiger partial charge < -0.3 is 9.64 Å². The van der Waals surface area contributed by atoms with Crippen LogP contribution in [0.3, 0.4) is 0 Å². The molecule has 2 aromatic rings. The van der Waals surface area contributed by atoms with E-state index < -0.39 is 0 Å². The minimum Gasteiger partial charge on any atom is -0.495 e. The van der Waals surface area contributed by atoms with Crippen LogP contribution < -0.4 is 9.64 Å². The van der Waals surface area contributed by atoms with Crippen LogP contribution in [0.5, 0.6) is 5.75 Å². The molecule has 2 fully saturated rings. The van der Waals surface area contributed by atoms with Crippen LogP contribution in [0.25, 0.3) is 0 Å². The largest absolute Gasteiger partial charge is 0.495 e. The van der Waals surface area contributed by atoms with E-state index in [1.807, 2.05) is 24.3 Å². The van der Waals surface area contributed by atoms with E-state index in [1.54, 1.807) is 19.2 Å². The quantitative estimate of drug-likeness (QED) is 0.785. The maximum absolute atomic E-state index is 13.9. The maximum atomic E-state index is 13.9. The molecule has 0 amide bonds. The number of methoxy groups -OCH3 is 1. The van der Waals surface area contributed by atoms with Crippen LogP contribution in [0.15, 0.2) is 48.5 Å². The van der Waals surface area contributed by atoms with Crippen LogP contribution in [-0.2, 0) is 6.54 Å². The molecule has 0 atom stereocenters. The predicted molar refractivity (Wildman–Crippen MR) is 111 cm³/mol. The second-order valence-electron chi connectivity index (χ2n) is 7.79. The fourth-order valence-corrected chi connectivity index (χ4v) is 4.53. The zero-order valence-corrected chi connectivity index (χ0v) is 16.7. The third-order valence-corrected chi connectivity index (χ3v) is 6.17. The van der Waals surface area contributed by atoms with Crippen LogP contribution in [0.2, 0.25) is 0 Å². The van der Waals surface area contributed by atoms with E-state index >= 15 is 0 Å². The topological polar surface area (TPSA) is 19.0 Å². The van der Waals surface area contributed by atoms with Gasteiger partial charge in [0.25, 0.3) is 0 Å². The minimum atomic E-state index is -0.0860. The van der Waals surface area contributed by atoms with E-state index in [4.69, 9.17) is 4.74 Å². The van der Waals surface area contributed by atoms with Crippen molar-refractivity contribution in [2.75, 3.05) is 51.3 Å². The van der Waals surface area contributed by atoms with Gasteiger partial charge in [-0.1, -0.05) is 30.3 Å². The Kier molecular flexibility index (Phi) is 6.13. The van der Waals surface area contributed by atoms with E-state index in [1.165, 1.54) is 18.5 Å². The van der Waals surface area contributed by atoms with Crippen molar-refractivity contribution < 1.29 is 9.13 Å². The summed E-state index contributed by atoms with van der Waals surface area (Å²) in [5.74, 6) is 0.870. The molecular formula is C23H30FN3O. The van der Waals surface area contributed by atoms with Crippen molar-refractivity contribution in [2.45, 2.75) is 25.4 Å². The third kappa shape index (κ3) is 4.31. The molecule has 4 nitrogen and oxygen atoms in total. The van der Waals surface area contributed by atoms with Crippen molar-refractivity contribution in [3.8, 4) is 5.75 Å². The number of ether oxygens (including phenoxy) is 1. The van der Waals surface area contributed by atoms with Crippen LogP contribution in [0, 0.1) is 5.82 Å². The number of hydrogen-bond donors (Lipinski definition) is 0. The number of benzene rings is 2. The summed E-state index contributed by atoms with van der Waals surface area (Å²) >= 11 is 0. The van der Waals surface area contributed by atoms with E-state index in [0.29, 0.717) is 6.04 Å². The van der Waals surface area contributed by atoms with Crippen molar-refractivity contribution in [1.82, 2.24) is 9.80 Å². The number of piperazine rings is 1. The highest BCUT2D eigenvalue weighted by Gasteiger charge is 2.28. The van der Waals surface area contributed by atoms with Crippen LogP contribution in [0.1, 0.15) is 18.4 Å². The summed E-state index contributed by atoms with van der Waals surface area (Å²) in [6.45, 7) is 7.08. The van der Waals surface area contributed by atoms with Gasteiger partial charge in [-0.2, -0.15) is 0 Å². The molecule has 4 rings (SSSR count). The standard InChI is InChI=1S/C23H30FN3O/c1-28-23-9-5-4-8-22(23)27-16-14-26(15-17-27)20-10-12-25(13-11-20)18-19-6-2-3-7-21(19)24/h2-9,20H,10-18H2,1H3. The normalized spacial score (nSPS) is 19.7. The Morgan fingerprint density at radius 1 is 0.893 bits per heavy atom. The van der Waals surface area contributed by atoms with E-state index in [0.717, 1.165) is 57.1 Å². The summed E-state index contributed by atoms with van der Waals surface area (Å²) in [5.41, 5.74) is 2.01. The number of hydrogen-bond acceptors (Lipinski definition) is 4. The molecular weight excluding hydrogens is 353 g/mol. The van der Waals surface area contributed by atoms with Gasteiger partial charge in [0.1, 0.15) is 11.6 Å². The summed E-state index contributed by atoms with van der Waals surface area (Å²) in [7, 11) is 1.74. The third-order valence-electron chi connectivity index (χ3n) is 6.17. The van der Waals surface area contributed by atoms with Gasteiger partial charge in [-0.3, -0.25) is 9.80 Å². The average Bonchev–Trinajstić information content (AvgIpc) is 2.76. The predicted octanol–water partition coefficient (Wildman–Crippen LogP) is 3.62. The Morgan fingerprint density at radius 2 is 1.57 bits per heavy atom. The number of nitrogens with zero attached hydrogens (tertiary/aromatic N) is 3. The molecule has 5 heteroatoms. The first-order valence-corrected chi connectivity index (χ1v) is 10.3. The van der Waals surface area contributed by atoms with Crippen LogP contribution in [-0.4, -0.2) is 62.2 Å². The van der Waals surface area contributed by atoms with Crippen molar-refractivity contribution in [2.24, 2.45) is 0 Å². The molecule has 0 bridgehead atoms. The van der Waals surface area contributed by atoms with Gasteiger partial charge in [0, 0.05) is 44.3 Å². The number of para-hydroxylation sites is 2. The zero-order valence-electron chi connectivity index (χ0n) is 16.7. The first-order chi connectivity index (χ1) is 13.7. The van der Waals surface area contributed by atoms with Gasteiger partial charge in [0.15, 0.2) is 0 Å². The summed E-state index contributed by atoms with van der Waals surface area (Å²) in [6.07, 6.45) is 2.34. The molecule has 0 saturated carbocycles. The summed E-state index contributed by atoms with van der Waals surface area (Å²) in [6, 6.07) is 16.1. The lowest BCUT2D eigenvalue weighted by Crippen LogP contribution is -2.53. The molecule has 150 valence electrons. The van der Waals surface area contributed by atoms with Gasteiger partial charge in [0.2, 0.25) is 0 Å². The van der Waals surface area contributed by atoms with E-state index in [9.17, 15) is 4.39 Å². The summed E-state index contributed by atoms with van der Waals surface area (Å²) in [4.78, 5) is 7.47. The lowest BCUT2D eigenvalue weighted by Gasteiger charge is -2.43. The second-order valence-corrected chi connectivity index (χ2v) is 7.79. The molecule has 0 N–H and O–H groups in total. The Bertz CT molecular complexity index is 768. The number of halogens is 1. The molecule has 2 aromatic carbocycles. The molecule has 0 aliphatic carbocycles. The first-order valence-electron chi connectivity index (χ1n) is 10.3. The Balaban J connectivity index is 1.27. The van der Waals surface area contributed by atoms with Gasteiger partial charge in [-0.05, 0) is 44.1 Å². The summed E-state index contributed by atoms with van der Waals surface area (Å²) in [5, 5.41) is 0. The lowest BCUT2D eigenvalue weighted by atomic mass is 10.0. The van der Waals surface area contributed by atoms with Gasteiger partial charge >= 0.3 is 0 Å². The Morgan fingerprint density at radius 3 is 2.29 bits per heavy atom. The first kappa shape index (κ1) is 19.2. The smallest absolute Gasteiger partial charge is 0.142 e. The highest BCUT2D eigenvalue weighted by molar-refractivity contribution is 5.58. The van der Waals surface area contributed by atoms with E-state index in [-0.39, 0.29) is 5.82 Å². The van der Waals surface area contributed by atoms with Crippen molar-refractivity contribution >= 4 is 5.69 Å². The van der Waals surface area contributed by atoms with Gasteiger partial charge in [-0.25, -0.2) is 4.39 Å². The fraction of sp³-hybridized carbons (Fsp3) is 0.478. The minimum absolute atomic E-state index is 0.0860. The van der Waals surface area contributed by atoms with Gasteiger partial charge in [0.05, 0.1) is 12.8 Å². The molecule has 2 saturated heterocycles. The van der Waals surface area contributed by atoms with Crippen LogP contribution in [0.4, 0.5) is 10.1 Å². The lowest BCUT2D eigenvalue weighted by molar-refractivity contribution is 0.0992. The van der Waals surface area contributed by atoms with Crippen LogP contribution >= 0.6 is 0 Å². The SMILES string of the molecule is COc1ccccc1N1CCN(C2CCN(Cc3ccccc3F)CC2)CC1. The van der Waals surface area contributed by atoms with Gasteiger partial charge in [-0.15, -0.1) is 0 Å². The molecule has 0 spiro atoms. The monoisotopic (exact) mass is 383 g/mol. The van der Waals surface area contributed by atoms with Crippen molar-refractivity contribution in [3.63, 3.8) is 0 Å². The number of anilines is 1.